The molecule has 0 unspecified atom stereocenters. The van der Waals surface area contributed by atoms with Gasteiger partial charge in [0.15, 0.2) is 17.7 Å². The molecule has 4 rings (SSSR count). The minimum absolute atomic E-state index is 0.221. The van der Waals surface area contributed by atoms with E-state index < -0.39 is 24.5 Å². The summed E-state index contributed by atoms with van der Waals surface area (Å²) in [5, 5.41) is 24.5. The Labute approximate surface area is 153 Å². The highest BCUT2D eigenvalue weighted by Gasteiger charge is 2.43. The van der Waals surface area contributed by atoms with Crippen LogP contribution in [-0.2, 0) is 16.2 Å². The summed E-state index contributed by atoms with van der Waals surface area (Å²) in [7, 11) is 0. The lowest BCUT2D eigenvalue weighted by atomic mass is 10.1. The number of aliphatic hydroxyl groups is 2. The molecule has 0 radical (unpaired) electrons. The smallest absolute Gasteiger partial charge is 0.167 e. The van der Waals surface area contributed by atoms with Gasteiger partial charge in [0.05, 0.1) is 12.5 Å². The molecule has 1 aliphatic rings. The first-order valence-corrected chi connectivity index (χ1v) is 8.29. The second kappa shape index (κ2) is 7.27. The van der Waals surface area contributed by atoms with Crippen LogP contribution < -0.4 is 5.73 Å². The summed E-state index contributed by atoms with van der Waals surface area (Å²) < 4.78 is 7.22. The van der Waals surface area contributed by atoms with E-state index in [2.05, 4.69) is 20.1 Å². The molecule has 27 heavy (non-hydrogen) atoms. The maximum atomic E-state index is 10.4. The summed E-state index contributed by atoms with van der Waals surface area (Å²) in [6.45, 7) is 0.286. The maximum Gasteiger partial charge on any atom is 0.167 e. The van der Waals surface area contributed by atoms with Crippen molar-refractivity contribution in [3.05, 3.63) is 48.5 Å². The lowest BCUT2D eigenvalue weighted by molar-refractivity contribution is -0.0216. The van der Waals surface area contributed by atoms with Crippen LogP contribution in [0.5, 0.6) is 0 Å². The Morgan fingerprint density at radius 1 is 1.19 bits per heavy atom. The van der Waals surface area contributed by atoms with E-state index in [4.69, 9.17) is 15.3 Å². The van der Waals surface area contributed by atoms with E-state index in [1.54, 1.807) is 0 Å². The molecule has 1 saturated heterocycles. The van der Waals surface area contributed by atoms with Gasteiger partial charge in [0.2, 0.25) is 0 Å². The van der Waals surface area contributed by atoms with Gasteiger partial charge in [-0.3, -0.25) is 4.57 Å². The lowest BCUT2D eigenvalue weighted by Gasteiger charge is -2.16. The number of nitrogens with two attached hydrogens (primary N) is 1. The molecular formula is C17H18N6O4. The highest BCUT2D eigenvalue weighted by atomic mass is 16.6. The normalized spacial score (nSPS) is 25.4. The predicted octanol–water partition coefficient (Wildman–Crippen LogP) is 0.230. The van der Waals surface area contributed by atoms with E-state index in [9.17, 15) is 10.2 Å². The second-order valence-electron chi connectivity index (χ2n) is 6.07. The van der Waals surface area contributed by atoms with Gasteiger partial charge in [0.1, 0.15) is 36.8 Å². The molecule has 0 saturated carbocycles. The summed E-state index contributed by atoms with van der Waals surface area (Å²) in [6.07, 6.45) is -0.0903. The number of hydrogen-bond acceptors (Lipinski definition) is 9. The molecule has 2 aromatic heterocycles. The van der Waals surface area contributed by atoms with Crippen molar-refractivity contribution in [2.75, 3.05) is 5.73 Å². The number of rotatable bonds is 5. The summed E-state index contributed by atoms with van der Waals surface area (Å²) in [5.41, 5.74) is 7.52. The minimum atomic E-state index is -1.20. The van der Waals surface area contributed by atoms with Gasteiger partial charge in [-0.1, -0.05) is 35.5 Å². The molecule has 10 nitrogen and oxygen atoms in total. The molecule has 1 aromatic carbocycles. The molecule has 4 atom stereocenters. The largest absolute Gasteiger partial charge is 0.391 e. The van der Waals surface area contributed by atoms with Crippen LogP contribution in [0.15, 0.2) is 48.1 Å². The molecule has 3 aromatic rings. The molecule has 1 fully saturated rings. The van der Waals surface area contributed by atoms with Gasteiger partial charge in [-0.2, -0.15) is 0 Å². The number of oxime groups is 1. The van der Waals surface area contributed by atoms with Crippen molar-refractivity contribution in [1.82, 2.24) is 19.5 Å². The van der Waals surface area contributed by atoms with Gasteiger partial charge in [0.25, 0.3) is 0 Å². The van der Waals surface area contributed by atoms with E-state index in [0.29, 0.717) is 11.2 Å². The fraction of sp³-hybridized carbons (Fsp3) is 0.294. The monoisotopic (exact) mass is 370 g/mol. The van der Waals surface area contributed by atoms with Crippen LogP contribution in [0.3, 0.4) is 0 Å². The van der Waals surface area contributed by atoms with Crippen LogP contribution in [0.1, 0.15) is 11.8 Å². The zero-order chi connectivity index (χ0) is 18.8. The Balaban J connectivity index is 1.46. The van der Waals surface area contributed by atoms with Gasteiger partial charge in [-0.05, 0) is 5.56 Å². The van der Waals surface area contributed by atoms with Crippen molar-refractivity contribution >= 4 is 23.2 Å². The highest BCUT2D eigenvalue weighted by molar-refractivity contribution is 5.81. The SMILES string of the molecule is Nc1ncnc2c1ncn2[C@@H]1O[C@H](/C=N/OCc2ccccc2)[C@@H](O)[C@H]1O. The summed E-state index contributed by atoms with van der Waals surface area (Å²) in [6, 6.07) is 9.54. The molecule has 0 bridgehead atoms. The standard InChI is InChI=1S/C17H18N6O4/c18-15-12-16(20-8-19-15)23(9-21-12)17-14(25)13(24)11(27-17)6-22-26-7-10-4-2-1-3-5-10/h1-6,8-9,11,13-14,17,24-25H,7H2,(H2,18,19,20)/b22-6+/t11-,13-,14-,17-/m1/s1. The Kier molecular flexibility index (Phi) is 4.67. The maximum absolute atomic E-state index is 10.4. The first-order valence-electron chi connectivity index (χ1n) is 8.29. The number of benzene rings is 1. The van der Waals surface area contributed by atoms with Crippen LogP contribution in [0.2, 0.25) is 0 Å². The van der Waals surface area contributed by atoms with Gasteiger partial charge >= 0.3 is 0 Å². The molecule has 140 valence electrons. The van der Waals surface area contributed by atoms with E-state index in [-0.39, 0.29) is 12.4 Å². The van der Waals surface area contributed by atoms with Crippen LogP contribution in [0, 0.1) is 0 Å². The van der Waals surface area contributed by atoms with Crippen molar-refractivity contribution in [1.29, 1.82) is 0 Å². The Morgan fingerprint density at radius 2 is 2.00 bits per heavy atom. The van der Waals surface area contributed by atoms with Crippen molar-refractivity contribution in [3.8, 4) is 0 Å². The number of imidazole rings is 1. The summed E-state index contributed by atoms with van der Waals surface area (Å²) in [4.78, 5) is 17.3. The molecule has 4 N–H and O–H groups in total. The zero-order valence-corrected chi connectivity index (χ0v) is 14.2. The molecule has 3 heterocycles. The van der Waals surface area contributed by atoms with Crippen molar-refractivity contribution in [2.45, 2.75) is 31.1 Å². The molecule has 0 spiro atoms. The fourth-order valence-electron chi connectivity index (χ4n) is 2.88. The van der Waals surface area contributed by atoms with Gasteiger partial charge in [-0.15, -0.1) is 0 Å². The van der Waals surface area contributed by atoms with Crippen molar-refractivity contribution in [3.63, 3.8) is 0 Å². The van der Waals surface area contributed by atoms with E-state index >= 15 is 0 Å². The number of aliphatic hydroxyl groups excluding tert-OH is 2. The fourth-order valence-corrected chi connectivity index (χ4v) is 2.88. The molecule has 1 aliphatic heterocycles. The highest BCUT2D eigenvalue weighted by Crippen LogP contribution is 2.31. The number of anilines is 1. The van der Waals surface area contributed by atoms with Crippen LogP contribution in [0.4, 0.5) is 5.82 Å². The molecule has 0 amide bonds. The van der Waals surface area contributed by atoms with E-state index in [1.807, 2.05) is 30.3 Å². The number of ether oxygens (including phenoxy) is 1. The van der Waals surface area contributed by atoms with Crippen LogP contribution in [-0.4, -0.2) is 54.3 Å². The van der Waals surface area contributed by atoms with Gasteiger partial charge in [0, 0.05) is 0 Å². The second-order valence-corrected chi connectivity index (χ2v) is 6.07. The van der Waals surface area contributed by atoms with Crippen molar-refractivity contribution in [2.24, 2.45) is 5.16 Å². The Bertz CT molecular complexity index is 947. The topological polar surface area (TPSA) is 141 Å². The molecule has 10 heteroatoms. The van der Waals surface area contributed by atoms with E-state index in [0.717, 1.165) is 5.56 Å². The van der Waals surface area contributed by atoms with Crippen LogP contribution in [0.25, 0.3) is 11.2 Å². The third-order valence-electron chi connectivity index (χ3n) is 4.29. The lowest BCUT2D eigenvalue weighted by Crippen LogP contribution is -2.32. The summed E-state index contributed by atoms with van der Waals surface area (Å²) >= 11 is 0. The Morgan fingerprint density at radius 3 is 2.81 bits per heavy atom. The average molecular weight is 370 g/mol. The van der Waals surface area contributed by atoms with Gasteiger partial charge < -0.3 is 25.5 Å². The number of nitrogens with zero attached hydrogens (tertiary/aromatic N) is 5. The molecular weight excluding hydrogens is 352 g/mol. The minimum Gasteiger partial charge on any atom is -0.391 e. The number of aromatic nitrogens is 4. The first kappa shape index (κ1) is 17.3. The quantitative estimate of drug-likeness (QED) is 0.428. The molecule has 0 aliphatic carbocycles. The third kappa shape index (κ3) is 3.33. The van der Waals surface area contributed by atoms with E-state index in [1.165, 1.54) is 23.4 Å². The number of nitrogen functional groups attached to an aromatic ring is 1. The predicted molar refractivity (Wildman–Crippen MR) is 95.4 cm³/mol. The summed E-state index contributed by atoms with van der Waals surface area (Å²) in [5.74, 6) is 0.221. The number of hydrogen-bond donors (Lipinski definition) is 3. The zero-order valence-electron chi connectivity index (χ0n) is 14.2. The third-order valence-corrected chi connectivity index (χ3v) is 4.29. The number of fused-ring (bicyclic) bond motifs is 1. The van der Waals surface area contributed by atoms with Crippen LogP contribution >= 0.6 is 0 Å². The van der Waals surface area contributed by atoms with Gasteiger partial charge in [-0.25, -0.2) is 15.0 Å². The Hall–Kier alpha value is -3.08. The average Bonchev–Trinajstić information content (AvgIpc) is 3.23. The van der Waals surface area contributed by atoms with Crippen molar-refractivity contribution < 1.29 is 19.8 Å². The first-order chi connectivity index (χ1) is 13.1.